The van der Waals surface area contributed by atoms with Crippen LogP contribution in [0.4, 0.5) is 0 Å². The van der Waals surface area contributed by atoms with E-state index in [9.17, 15) is 9.59 Å². The van der Waals surface area contributed by atoms with Crippen molar-refractivity contribution in [1.82, 2.24) is 0 Å². The van der Waals surface area contributed by atoms with E-state index in [-0.39, 0.29) is 6.54 Å². The smallest absolute Gasteiger partial charge is 0.211 e. The summed E-state index contributed by atoms with van der Waals surface area (Å²) in [5.74, 6) is 0. The third-order valence-corrected chi connectivity index (χ3v) is 4.09. The Balaban J connectivity index is 3.62. The Hall–Kier alpha value is -2.02. The van der Waals surface area contributed by atoms with Gasteiger partial charge < -0.3 is 0 Å². The highest BCUT2D eigenvalue weighted by molar-refractivity contribution is 5.52. The zero-order valence-corrected chi connectivity index (χ0v) is 12.7. The van der Waals surface area contributed by atoms with Crippen molar-refractivity contribution in [1.29, 1.82) is 0 Å². The van der Waals surface area contributed by atoms with Gasteiger partial charge in [-0.25, -0.2) is 14.6 Å². The molecule has 0 aliphatic rings. The fourth-order valence-corrected chi connectivity index (χ4v) is 2.71. The molecule has 1 atom stereocenters. The Morgan fingerprint density at radius 1 is 0.950 bits per heavy atom. The molecule has 0 amide bonds. The lowest BCUT2D eigenvalue weighted by Gasteiger charge is -2.22. The van der Waals surface area contributed by atoms with Gasteiger partial charge in [-0.2, -0.15) is 4.99 Å². The van der Waals surface area contributed by atoms with E-state index >= 15 is 0 Å². The average Bonchev–Trinajstić information content (AvgIpc) is 2.45. The number of isocyanates is 2. The first-order valence-electron chi connectivity index (χ1n) is 6.69. The third-order valence-electron chi connectivity index (χ3n) is 4.09. The summed E-state index contributed by atoms with van der Waals surface area (Å²) in [6, 6.07) is -0.457. The van der Waals surface area contributed by atoms with Gasteiger partial charge in [-0.15, -0.1) is 0 Å². The number of rotatable bonds is 5. The Labute approximate surface area is 119 Å². The van der Waals surface area contributed by atoms with Gasteiger partial charge >= 0.3 is 0 Å². The van der Waals surface area contributed by atoms with E-state index in [2.05, 4.69) is 37.7 Å². The Bertz CT molecular complexity index is 608. The minimum atomic E-state index is -0.457. The Kier molecular flexibility index (Phi) is 5.57. The number of aliphatic imine (C=N–C) groups is 2. The molecule has 0 saturated heterocycles. The quantitative estimate of drug-likeness (QED) is 0.610. The maximum absolute atomic E-state index is 10.7. The predicted octanol–water partition coefficient (Wildman–Crippen LogP) is 3.20. The van der Waals surface area contributed by atoms with Gasteiger partial charge in [-0.3, -0.25) is 0 Å². The van der Waals surface area contributed by atoms with E-state index in [0.29, 0.717) is 0 Å². The van der Waals surface area contributed by atoms with E-state index in [4.69, 9.17) is 0 Å². The molecule has 0 radical (unpaired) electrons. The predicted molar refractivity (Wildman–Crippen MR) is 78.6 cm³/mol. The second-order valence-corrected chi connectivity index (χ2v) is 4.91. The first-order chi connectivity index (χ1) is 9.49. The van der Waals surface area contributed by atoms with Crippen molar-refractivity contribution in [2.24, 2.45) is 9.98 Å². The van der Waals surface area contributed by atoms with Crippen LogP contribution in [-0.2, 0) is 16.0 Å². The van der Waals surface area contributed by atoms with Crippen molar-refractivity contribution in [3.05, 3.63) is 33.4 Å². The van der Waals surface area contributed by atoms with Crippen molar-refractivity contribution in [3.8, 4) is 0 Å². The fourth-order valence-electron chi connectivity index (χ4n) is 2.71. The molecule has 0 N–H and O–H groups in total. The van der Waals surface area contributed by atoms with Crippen LogP contribution < -0.4 is 0 Å². The maximum atomic E-state index is 10.7. The number of carbonyl (C=O) groups excluding carboxylic acids is 2. The molecule has 0 fully saturated rings. The lowest BCUT2D eigenvalue weighted by Crippen LogP contribution is -2.11. The van der Waals surface area contributed by atoms with Crippen LogP contribution in [0.1, 0.15) is 46.3 Å². The van der Waals surface area contributed by atoms with Gasteiger partial charge in [0.1, 0.15) is 6.04 Å². The highest BCUT2D eigenvalue weighted by Gasteiger charge is 2.21. The van der Waals surface area contributed by atoms with Crippen LogP contribution in [0.25, 0.3) is 0 Å². The number of hydrogen-bond donors (Lipinski definition) is 0. The van der Waals surface area contributed by atoms with Crippen molar-refractivity contribution < 1.29 is 9.59 Å². The minimum absolute atomic E-state index is 0.133. The van der Waals surface area contributed by atoms with E-state index in [1.54, 1.807) is 6.08 Å². The molecule has 0 aliphatic carbocycles. The molecular weight excluding hydrogens is 252 g/mol. The number of nitrogens with zero attached hydrogens (tertiary/aromatic N) is 2. The van der Waals surface area contributed by atoms with E-state index < -0.39 is 6.04 Å². The van der Waals surface area contributed by atoms with Gasteiger partial charge in [-0.05, 0) is 67.5 Å². The molecule has 0 heterocycles. The first kappa shape index (κ1) is 16.0. The van der Waals surface area contributed by atoms with Gasteiger partial charge in [-0.1, -0.05) is 6.92 Å². The SMILES string of the molecule is CCc1c(C)c(C)c(C)c(C)c1C(CN=C=O)N=C=O. The third kappa shape index (κ3) is 2.93. The molecule has 4 heteroatoms. The largest absolute Gasteiger partial charge is 0.235 e. The van der Waals surface area contributed by atoms with E-state index in [1.165, 1.54) is 28.3 Å². The van der Waals surface area contributed by atoms with Crippen LogP contribution >= 0.6 is 0 Å². The molecule has 0 aliphatic heterocycles. The van der Waals surface area contributed by atoms with Gasteiger partial charge in [0.2, 0.25) is 12.2 Å². The fraction of sp³-hybridized carbons (Fsp3) is 0.500. The molecule has 0 saturated carbocycles. The Morgan fingerprint density at radius 2 is 1.55 bits per heavy atom. The zero-order valence-electron chi connectivity index (χ0n) is 12.7. The van der Waals surface area contributed by atoms with Gasteiger partial charge in [0, 0.05) is 0 Å². The van der Waals surface area contributed by atoms with Crippen molar-refractivity contribution >= 4 is 12.2 Å². The van der Waals surface area contributed by atoms with Gasteiger partial charge in [0.25, 0.3) is 0 Å². The monoisotopic (exact) mass is 272 g/mol. The molecule has 1 rings (SSSR count). The summed E-state index contributed by atoms with van der Waals surface area (Å²) in [6.07, 6.45) is 3.95. The molecule has 0 spiro atoms. The van der Waals surface area contributed by atoms with Crippen molar-refractivity contribution in [2.45, 2.75) is 47.1 Å². The molecule has 0 aromatic heterocycles. The number of benzene rings is 1. The highest BCUT2D eigenvalue weighted by atomic mass is 16.1. The standard InChI is InChI=1S/C16H20N2O2/c1-6-14-12(4)10(2)11(3)13(5)16(14)15(18-9-20)7-17-8-19/h15H,6-7H2,1-5H3. The zero-order chi connectivity index (χ0) is 15.3. The van der Waals surface area contributed by atoms with Crippen LogP contribution in [0.15, 0.2) is 9.98 Å². The van der Waals surface area contributed by atoms with E-state index in [0.717, 1.165) is 17.5 Å². The van der Waals surface area contributed by atoms with Crippen LogP contribution in [0, 0.1) is 27.7 Å². The molecular formula is C16H20N2O2. The van der Waals surface area contributed by atoms with Crippen LogP contribution in [0.2, 0.25) is 0 Å². The highest BCUT2D eigenvalue weighted by Crippen LogP contribution is 2.33. The molecule has 106 valence electrons. The van der Waals surface area contributed by atoms with Crippen LogP contribution in [-0.4, -0.2) is 18.7 Å². The van der Waals surface area contributed by atoms with Crippen molar-refractivity contribution in [3.63, 3.8) is 0 Å². The minimum Gasteiger partial charge on any atom is -0.211 e. The molecule has 1 aromatic rings. The topological polar surface area (TPSA) is 58.9 Å². The van der Waals surface area contributed by atoms with Crippen LogP contribution in [0.5, 0.6) is 0 Å². The summed E-state index contributed by atoms with van der Waals surface area (Å²) in [4.78, 5) is 28.4. The first-order valence-corrected chi connectivity index (χ1v) is 6.69. The lowest BCUT2D eigenvalue weighted by molar-refractivity contribution is 0.552. The summed E-state index contributed by atoms with van der Waals surface area (Å²) < 4.78 is 0. The summed E-state index contributed by atoms with van der Waals surface area (Å²) in [5, 5.41) is 0. The van der Waals surface area contributed by atoms with Crippen molar-refractivity contribution in [2.75, 3.05) is 6.54 Å². The number of hydrogen-bond acceptors (Lipinski definition) is 4. The molecule has 20 heavy (non-hydrogen) atoms. The molecule has 0 bridgehead atoms. The van der Waals surface area contributed by atoms with E-state index in [1.807, 2.05) is 6.92 Å². The molecule has 4 nitrogen and oxygen atoms in total. The summed E-state index contributed by atoms with van der Waals surface area (Å²) in [7, 11) is 0. The summed E-state index contributed by atoms with van der Waals surface area (Å²) in [5.41, 5.74) is 6.94. The van der Waals surface area contributed by atoms with Gasteiger partial charge in [0.15, 0.2) is 0 Å². The average molecular weight is 272 g/mol. The second-order valence-electron chi connectivity index (χ2n) is 4.91. The van der Waals surface area contributed by atoms with Gasteiger partial charge in [0.05, 0.1) is 6.54 Å². The molecule has 1 unspecified atom stereocenters. The normalized spacial score (nSPS) is 11.4. The maximum Gasteiger partial charge on any atom is 0.235 e. The second kappa shape index (κ2) is 6.95. The van der Waals surface area contributed by atoms with Crippen LogP contribution in [0.3, 0.4) is 0 Å². The summed E-state index contributed by atoms with van der Waals surface area (Å²) >= 11 is 0. The summed E-state index contributed by atoms with van der Waals surface area (Å²) in [6.45, 7) is 10.5. The lowest BCUT2D eigenvalue weighted by atomic mass is 9.84. The molecule has 1 aromatic carbocycles. The Morgan fingerprint density at radius 3 is 2.05 bits per heavy atom.